The van der Waals surface area contributed by atoms with Crippen LogP contribution in [0.1, 0.15) is 39.8 Å². The first kappa shape index (κ1) is 12.4. The monoisotopic (exact) mass is 322 g/mol. The Morgan fingerprint density at radius 1 is 1.11 bits per heavy atom. The van der Waals surface area contributed by atoms with Crippen molar-refractivity contribution in [2.75, 3.05) is 0 Å². The summed E-state index contributed by atoms with van der Waals surface area (Å²) in [6.45, 7) is 0. The highest BCUT2D eigenvalue weighted by Gasteiger charge is 2.18. The Kier molecular flexibility index (Phi) is 3.55. The summed E-state index contributed by atoms with van der Waals surface area (Å²) in [6.07, 6.45) is 4.47. The highest BCUT2D eigenvalue weighted by molar-refractivity contribution is 9.10. The third-order valence-electron chi connectivity index (χ3n) is 3.47. The lowest BCUT2D eigenvalue weighted by molar-refractivity contribution is 0.224. The van der Waals surface area contributed by atoms with Gasteiger partial charge in [0.25, 0.3) is 0 Å². The zero-order chi connectivity index (χ0) is 12.5. The molecule has 1 N–H and O–H groups in total. The predicted octanol–water partition coefficient (Wildman–Crippen LogP) is 4.47. The largest absolute Gasteiger partial charge is 0.383 e. The lowest BCUT2D eigenvalue weighted by Gasteiger charge is -2.08. The molecule has 1 nitrogen and oxygen atoms in total. The average Bonchev–Trinajstić information content (AvgIpc) is 2.82. The molecule has 1 atom stereocenters. The smallest absolute Gasteiger partial charge is 0.113 e. The number of benzene rings is 1. The fraction of sp³-hybridized carbons (Fsp3) is 0.333. The van der Waals surface area contributed by atoms with Crippen molar-refractivity contribution in [3.05, 3.63) is 55.7 Å². The standard InChI is InChI=1S/C15H15BrOS/c16-12-7-5-10(6-8-12)15(17)14-9-11-3-1-2-4-13(11)18-14/h5-9,15,17H,1-4H2. The van der Waals surface area contributed by atoms with Crippen LogP contribution in [0.5, 0.6) is 0 Å². The van der Waals surface area contributed by atoms with E-state index in [4.69, 9.17) is 0 Å². The molecule has 1 aliphatic carbocycles. The Balaban J connectivity index is 1.89. The highest BCUT2D eigenvalue weighted by Crippen LogP contribution is 2.35. The summed E-state index contributed by atoms with van der Waals surface area (Å²) in [4.78, 5) is 2.57. The number of aliphatic hydroxyl groups is 1. The van der Waals surface area contributed by atoms with E-state index in [1.165, 1.54) is 36.1 Å². The Morgan fingerprint density at radius 3 is 2.56 bits per heavy atom. The molecule has 1 aliphatic rings. The van der Waals surface area contributed by atoms with Crippen LogP contribution < -0.4 is 0 Å². The van der Waals surface area contributed by atoms with Crippen molar-refractivity contribution in [3.63, 3.8) is 0 Å². The third-order valence-corrected chi connectivity index (χ3v) is 5.29. The van der Waals surface area contributed by atoms with Crippen molar-refractivity contribution >= 4 is 27.3 Å². The number of fused-ring (bicyclic) bond motifs is 1. The molecule has 0 spiro atoms. The molecule has 18 heavy (non-hydrogen) atoms. The van der Waals surface area contributed by atoms with Crippen LogP contribution in [-0.4, -0.2) is 5.11 Å². The van der Waals surface area contributed by atoms with Gasteiger partial charge in [-0.3, -0.25) is 0 Å². The summed E-state index contributed by atoms with van der Waals surface area (Å²) in [5.74, 6) is 0. The van der Waals surface area contributed by atoms with Crippen molar-refractivity contribution in [3.8, 4) is 0 Å². The zero-order valence-corrected chi connectivity index (χ0v) is 12.4. The molecule has 0 saturated heterocycles. The molecule has 2 aromatic rings. The molecular weight excluding hydrogens is 308 g/mol. The van der Waals surface area contributed by atoms with Gasteiger partial charge in [-0.1, -0.05) is 28.1 Å². The molecule has 0 radical (unpaired) electrons. The normalized spacial score (nSPS) is 16.3. The van der Waals surface area contributed by atoms with Crippen LogP contribution in [0.3, 0.4) is 0 Å². The molecule has 0 aliphatic heterocycles. The van der Waals surface area contributed by atoms with Crippen molar-refractivity contribution < 1.29 is 5.11 Å². The minimum atomic E-state index is -0.478. The SMILES string of the molecule is OC(c1ccc(Br)cc1)c1cc2c(s1)CCCC2. The predicted molar refractivity (Wildman–Crippen MR) is 79.2 cm³/mol. The second-order valence-electron chi connectivity index (χ2n) is 4.76. The van der Waals surface area contributed by atoms with Gasteiger partial charge in [-0.25, -0.2) is 0 Å². The first-order valence-corrected chi connectivity index (χ1v) is 7.90. The van der Waals surface area contributed by atoms with Gasteiger partial charge in [0.2, 0.25) is 0 Å². The van der Waals surface area contributed by atoms with Crippen LogP contribution in [0.4, 0.5) is 0 Å². The average molecular weight is 323 g/mol. The Labute approximate surface area is 120 Å². The van der Waals surface area contributed by atoms with Crippen LogP contribution in [0.15, 0.2) is 34.8 Å². The van der Waals surface area contributed by atoms with Gasteiger partial charge in [-0.2, -0.15) is 0 Å². The Hall–Kier alpha value is -0.640. The molecule has 3 heteroatoms. The van der Waals surface area contributed by atoms with E-state index >= 15 is 0 Å². The van der Waals surface area contributed by atoms with Gasteiger partial charge >= 0.3 is 0 Å². The maximum absolute atomic E-state index is 10.4. The van der Waals surface area contributed by atoms with Crippen LogP contribution in [0.2, 0.25) is 0 Å². The van der Waals surface area contributed by atoms with E-state index in [0.717, 1.165) is 14.9 Å². The second kappa shape index (κ2) is 5.16. The molecule has 1 heterocycles. The topological polar surface area (TPSA) is 20.2 Å². The summed E-state index contributed by atoms with van der Waals surface area (Å²) < 4.78 is 1.05. The molecule has 0 bridgehead atoms. The van der Waals surface area contributed by atoms with E-state index in [-0.39, 0.29) is 0 Å². The maximum Gasteiger partial charge on any atom is 0.113 e. The van der Waals surface area contributed by atoms with E-state index in [1.54, 1.807) is 11.3 Å². The van der Waals surface area contributed by atoms with Gasteiger partial charge in [0, 0.05) is 14.2 Å². The number of aryl methyl sites for hydroxylation is 2. The summed E-state index contributed by atoms with van der Waals surface area (Å²) in [7, 11) is 0. The summed E-state index contributed by atoms with van der Waals surface area (Å²) in [6, 6.07) is 10.1. The molecule has 3 rings (SSSR count). The molecule has 0 amide bonds. The number of thiophene rings is 1. The zero-order valence-electron chi connectivity index (χ0n) is 10.0. The summed E-state index contributed by atoms with van der Waals surface area (Å²) in [5, 5.41) is 10.4. The van der Waals surface area contributed by atoms with E-state index in [2.05, 4.69) is 22.0 Å². The van der Waals surface area contributed by atoms with Crippen molar-refractivity contribution in [2.45, 2.75) is 31.8 Å². The molecule has 1 unspecified atom stereocenters. The number of aliphatic hydroxyl groups excluding tert-OH is 1. The van der Waals surface area contributed by atoms with E-state index in [9.17, 15) is 5.11 Å². The van der Waals surface area contributed by atoms with Crippen molar-refractivity contribution in [1.82, 2.24) is 0 Å². The first-order chi connectivity index (χ1) is 8.74. The van der Waals surface area contributed by atoms with E-state index in [1.807, 2.05) is 24.3 Å². The lowest BCUT2D eigenvalue weighted by atomic mass is 9.98. The quantitative estimate of drug-likeness (QED) is 0.864. The van der Waals surface area contributed by atoms with Crippen molar-refractivity contribution in [1.29, 1.82) is 0 Å². The van der Waals surface area contributed by atoms with Crippen molar-refractivity contribution in [2.24, 2.45) is 0 Å². The fourth-order valence-corrected chi connectivity index (χ4v) is 3.99. The molecule has 94 valence electrons. The van der Waals surface area contributed by atoms with Crippen LogP contribution in [0.25, 0.3) is 0 Å². The Morgan fingerprint density at radius 2 is 1.83 bits per heavy atom. The number of halogens is 1. The minimum absolute atomic E-state index is 0.478. The maximum atomic E-state index is 10.4. The number of rotatable bonds is 2. The number of hydrogen-bond donors (Lipinski definition) is 1. The van der Waals surface area contributed by atoms with Gasteiger partial charge < -0.3 is 5.11 Å². The third kappa shape index (κ3) is 2.40. The van der Waals surface area contributed by atoms with E-state index < -0.39 is 6.10 Å². The Bertz CT molecular complexity index is 521. The molecular formula is C15H15BrOS. The second-order valence-corrected chi connectivity index (χ2v) is 6.84. The van der Waals surface area contributed by atoms with Gasteiger partial charge in [-0.15, -0.1) is 11.3 Å². The lowest BCUT2D eigenvalue weighted by Crippen LogP contribution is -1.97. The van der Waals surface area contributed by atoms with Gasteiger partial charge in [0.1, 0.15) is 6.10 Å². The highest BCUT2D eigenvalue weighted by atomic mass is 79.9. The molecule has 1 aromatic carbocycles. The minimum Gasteiger partial charge on any atom is -0.383 e. The first-order valence-electron chi connectivity index (χ1n) is 6.29. The van der Waals surface area contributed by atoms with Crippen LogP contribution in [-0.2, 0) is 12.8 Å². The fourth-order valence-electron chi connectivity index (χ4n) is 2.46. The molecule has 1 aromatic heterocycles. The van der Waals surface area contributed by atoms with Gasteiger partial charge in [0.15, 0.2) is 0 Å². The van der Waals surface area contributed by atoms with E-state index in [0.29, 0.717) is 0 Å². The summed E-state index contributed by atoms with van der Waals surface area (Å²) in [5.41, 5.74) is 2.43. The molecule has 0 fully saturated rings. The summed E-state index contributed by atoms with van der Waals surface area (Å²) >= 11 is 5.20. The van der Waals surface area contributed by atoms with Crippen LogP contribution >= 0.6 is 27.3 Å². The van der Waals surface area contributed by atoms with Gasteiger partial charge in [-0.05, 0) is 55.0 Å². The molecule has 0 saturated carbocycles. The number of hydrogen-bond acceptors (Lipinski definition) is 2. The van der Waals surface area contributed by atoms with Crippen LogP contribution in [0, 0.1) is 0 Å². The van der Waals surface area contributed by atoms with Gasteiger partial charge in [0.05, 0.1) is 0 Å².